The molecular weight excluding hydrogens is 217 g/mol. The van der Waals surface area contributed by atoms with Gasteiger partial charge in [-0.3, -0.25) is 0 Å². The van der Waals surface area contributed by atoms with E-state index in [1.165, 1.54) is 0 Å². The fourth-order valence-electron chi connectivity index (χ4n) is 2.16. The number of hydrogen-bond acceptors (Lipinski definition) is 4. The number of ether oxygens (including phenoxy) is 1. The van der Waals surface area contributed by atoms with E-state index in [0.717, 1.165) is 5.56 Å². The quantitative estimate of drug-likeness (QED) is 0.699. The van der Waals surface area contributed by atoms with Gasteiger partial charge in [0, 0.05) is 13.2 Å². The van der Waals surface area contributed by atoms with Crippen molar-refractivity contribution in [3.63, 3.8) is 0 Å². The van der Waals surface area contributed by atoms with Gasteiger partial charge in [0.25, 0.3) is 0 Å². The Bertz CT molecular complexity index is 418. The SMILES string of the molecule is N#CC1(c2ccc(B(O)O)cc2)CCOCC1. The minimum Gasteiger partial charge on any atom is -0.423 e. The molecule has 1 aromatic rings. The van der Waals surface area contributed by atoms with Crippen molar-refractivity contribution in [1.29, 1.82) is 5.26 Å². The zero-order valence-electron chi connectivity index (χ0n) is 9.47. The van der Waals surface area contributed by atoms with Crippen molar-refractivity contribution in [2.24, 2.45) is 0 Å². The average Bonchev–Trinajstić information content (AvgIpc) is 2.39. The van der Waals surface area contributed by atoms with E-state index in [1.807, 2.05) is 0 Å². The molecule has 1 aliphatic heterocycles. The van der Waals surface area contributed by atoms with E-state index in [0.29, 0.717) is 31.5 Å². The molecule has 0 aromatic heterocycles. The monoisotopic (exact) mass is 231 g/mol. The van der Waals surface area contributed by atoms with Gasteiger partial charge in [-0.25, -0.2) is 0 Å². The molecule has 2 N–H and O–H groups in total. The van der Waals surface area contributed by atoms with Crippen LogP contribution in [-0.2, 0) is 10.2 Å². The Kier molecular flexibility index (Phi) is 3.48. The molecule has 0 bridgehead atoms. The van der Waals surface area contributed by atoms with Gasteiger partial charge in [-0.15, -0.1) is 0 Å². The predicted molar refractivity (Wildman–Crippen MR) is 63.6 cm³/mol. The molecule has 0 spiro atoms. The van der Waals surface area contributed by atoms with Crippen molar-refractivity contribution in [1.82, 2.24) is 0 Å². The lowest BCUT2D eigenvalue weighted by Gasteiger charge is -2.31. The van der Waals surface area contributed by atoms with Crippen molar-refractivity contribution >= 4 is 12.6 Å². The molecule has 0 amide bonds. The van der Waals surface area contributed by atoms with Crippen LogP contribution in [0, 0.1) is 11.3 Å². The highest BCUT2D eigenvalue weighted by molar-refractivity contribution is 6.58. The lowest BCUT2D eigenvalue weighted by Crippen LogP contribution is -2.34. The van der Waals surface area contributed by atoms with Crippen molar-refractivity contribution in [2.45, 2.75) is 18.3 Å². The fourth-order valence-corrected chi connectivity index (χ4v) is 2.16. The van der Waals surface area contributed by atoms with E-state index in [-0.39, 0.29) is 0 Å². The van der Waals surface area contributed by atoms with Crippen LogP contribution in [0.2, 0.25) is 0 Å². The highest BCUT2D eigenvalue weighted by Crippen LogP contribution is 2.33. The van der Waals surface area contributed by atoms with Crippen LogP contribution in [0.1, 0.15) is 18.4 Å². The smallest absolute Gasteiger partial charge is 0.423 e. The molecule has 0 radical (unpaired) electrons. The summed E-state index contributed by atoms with van der Waals surface area (Å²) < 4.78 is 5.28. The van der Waals surface area contributed by atoms with Crippen LogP contribution in [-0.4, -0.2) is 30.4 Å². The molecule has 1 saturated heterocycles. The van der Waals surface area contributed by atoms with Crippen LogP contribution in [0.4, 0.5) is 0 Å². The van der Waals surface area contributed by atoms with E-state index in [2.05, 4.69) is 6.07 Å². The molecule has 88 valence electrons. The maximum Gasteiger partial charge on any atom is 0.488 e. The summed E-state index contributed by atoms with van der Waals surface area (Å²) >= 11 is 0. The molecule has 1 aliphatic rings. The lowest BCUT2D eigenvalue weighted by atomic mass is 9.73. The van der Waals surface area contributed by atoms with Gasteiger partial charge in [-0.2, -0.15) is 5.26 Å². The van der Waals surface area contributed by atoms with E-state index in [4.69, 9.17) is 14.8 Å². The molecule has 2 rings (SSSR count). The van der Waals surface area contributed by atoms with Crippen molar-refractivity contribution in [2.75, 3.05) is 13.2 Å². The standard InChI is InChI=1S/C12H14BNO3/c14-9-12(5-7-17-8-6-12)10-1-3-11(4-2-10)13(15)16/h1-4,15-16H,5-8H2. The Labute approximate surface area is 101 Å². The van der Waals surface area contributed by atoms with Crippen LogP contribution in [0.15, 0.2) is 24.3 Å². The Morgan fingerprint density at radius 2 is 1.76 bits per heavy atom. The zero-order valence-corrected chi connectivity index (χ0v) is 9.47. The molecular formula is C12H14BNO3. The van der Waals surface area contributed by atoms with E-state index < -0.39 is 12.5 Å². The third-order valence-electron chi connectivity index (χ3n) is 3.32. The Hall–Kier alpha value is -1.35. The van der Waals surface area contributed by atoms with Gasteiger partial charge in [-0.1, -0.05) is 24.3 Å². The summed E-state index contributed by atoms with van der Waals surface area (Å²) in [6.45, 7) is 1.19. The van der Waals surface area contributed by atoms with Gasteiger partial charge in [0.05, 0.1) is 11.5 Å². The number of hydrogen-bond donors (Lipinski definition) is 2. The number of nitriles is 1. The zero-order chi connectivity index (χ0) is 12.3. The molecule has 0 unspecified atom stereocenters. The topological polar surface area (TPSA) is 73.5 Å². The van der Waals surface area contributed by atoms with Crippen molar-refractivity contribution in [3.8, 4) is 6.07 Å². The second-order valence-electron chi connectivity index (χ2n) is 4.30. The second kappa shape index (κ2) is 4.88. The molecule has 5 heteroatoms. The van der Waals surface area contributed by atoms with Crippen LogP contribution in [0.5, 0.6) is 0 Å². The van der Waals surface area contributed by atoms with E-state index in [1.54, 1.807) is 24.3 Å². The summed E-state index contributed by atoms with van der Waals surface area (Å²) in [5.41, 5.74) is 0.874. The maximum absolute atomic E-state index is 9.37. The van der Waals surface area contributed by atoms with Crippen LogP contribution in [0.25, 0.3) is 0 Å². The minimum absolute atomic E-state index is 0.439. The molecule has 17 heavy (non-hydrogen) atoms. The first-order valence-electron chi connectivity index (χ1n) is 5.63. The summed E-state index contributed by atoms with van der Waals surface area (Å²) in [4.78, 5) is 0. The third-order valence-corrected chi connectivity index (χ3v) is 3.32. The molecule has 1 aromatic carbocycles. The van der Waals surface area contributed by atoms with Crippen LogP contribution in [0.3, 0.4) is 0 Å². The van der Waals surface area contributed by atoms with Gasteiger partial charge in [0.1, 0.15) is 0 Å². The lowest BCUT2D eigenvalue weighted by molar-refractivity contribution is 0.0675. The van der Waals surface area contributed by atoms with Gasteiger partial charge >= 0.3 is 7.12 Å². The maximum atomic E-state index is 9.37. The highest BCUT2D eigenvalue weighted by atomic mass is 16.5. The van der Waals surface area contributed by atoms with E-state index in [9.17, 15) is 5.26 Å². The van der Waals surface area contributed by atoms with Crippen molar-refractivity contribution < 1.29 is 14.8 Å². The van der Waals surface area contributed by atoms with Gasteiger partial charge in [-0.05, 0) is 23.9 Å². The first-order chi connectivity index (χ1) is 8.18. The Morgan fingerprint density at radius 3 is 2.24 bits per heavy atom. The number of rotatable bonds is 2. The summed E-state index contributed by atoms with van der Waals surface area (Å²) in [5, 5.41) is 27.4. The Morgan fingerprint density at radius 1 is 1.18 bits per heavy atom. The molecule has 0 saturated carbocycles. The molecule has 0 aliphatic carbocycles. The second-order valence-corrected chi connectivity index (χ2v) is 4.30. The summed E-state index contributed by atoms with van der Waals surface area (Å²) in [7, 11) is -1.46. The summed E-state index contributed by atoms with van der Waals surface area (Å²) in [5.74, 6) is 0. The average molecular weight is 231 g/mol. The molecule has 1 heterocycles. The molecule has 4 nitrogen and oxygen atoms in total. The van der Waals surface area contributed by atoms with Crippen molar-refractivity contribution in [3.05, 3.63) is 29.8 Å². The molecule has 1 fully saturated rings. The first kappa shape index (κ1) is 12.1. The van der Waals surface area contributed by atoms with E-state index >= 15 is 0 Å². The fraction of sp³-hybridized carbons (Fsp3) is 0.417. The highest BCUT2D eigenvalue weighted by Gasteiger charge is 2.34. The van der Waals surface area contributed by atoms with Gasteiger partial charge < -0.3 is 14.8 Å². The minimum atomic E-state index is -1.46. The number of benzene rings is 1. The van der Waals surface area contributed by atoms with Crippen LogP contribution >= 0.6 is 0 Å². The Balaban J connectivity index is 2.29. The first-order valence-corrected chi connectivity index (χ1v) is 5.63. The van der Waals surface area contributed by atoms with Gasteiger partial charge in [0.2, 0.25) is 0 Å². The third kappa shape index (κ3) is 2.34. The predicted octanol–water partition coefficient (Wildman–Crippen LogP) is -0.0618. The van der Waals surface area contributed by atoms with Gasteiger partial charge in [0.15, 0.2) is 0 Å². The summed E-state index contributed by atoms with van der Waals surface area (Å²) in [6.07, 6.45) is 1.37. The number of nitrogens with zero attached hydrogens (tertiary/aromatic N) is 1. The summed E-state index contributed by atoms with van der Waals surface area (Å²) in [6, 6.07) is 9.26. The largest absolute Gasteiger partial charge is 0.488 e. The molecule has 0 atom stereocenters. The van der Waals surface area contributed by atoms with Crippen LogP contribution < -0.4 is 5.46 Å². The normalized spacial score (nSPS) is 18.4.